The third kappa shape index (κ3) is 3.90. The molecule has 0 fully saturated rings. The van der Waals surface area contributed by atoms with Crippen molar-refractivity contribution in [1.82, 2.24) is 25.3 Å². The van der Waals surface area contributed by atoms with E-state index in [2.05, 4.69) is 34.5 Å². The average Bonchev–Trinajstić information content (AvgIpc) is 2.90. The molecule has 0 bridgehead atoms. The van der Waals surface area contributed by atoms with Crippen LogP contribution in [0, 0.1) is 5.92 Å². The Balaban J connectivity index is 1.83. The van der Waals surface area contributed by atoms with Gasteiger partial charge in [0.2, 0.25) is 0 Å². The van der Waals surface area contributed by atoms with E-state index >= 15 is 0 Å². The summed E-state index contributed by atoms with van der Waals surface area (Å²) in [6, 6.07) is 0. The van der Waals surface area contributed by atoms with Crippen molar-refractivity contribution in [2.45, 2.75) is 26.9 Å². The molecule has 6 heteroatoms. The molecule has 2 aromatic heterocycles. The third-order valence-electron chi connectivity index (χ3n) is 2.23. The molecule has 0 spiro atoms. The minimum Gasteiger partial charge on any atom is -0.311 e. The number of nitrogens with one attached hydrogen (secondary N) is 1. The van der Waals surface area contributed by atoms with E-state index in [4.69, 9.17) is 0 Å². The summed E-state index contributed by atoms with van der Waals surface area (Å²) in [7, 11) is 0. The van der Waals surface area contributed by atoms with Crippen LogP contribution in [0.5, 0.6) is 0 Å². The molecule has 17 heavy (non-hydrogen) atoms. The molecule has 0 atom stereocenters. The van der Waals surface area contributed by atoms with Gasteiger partial charge in [0.15, 0.2) is 0 Å². The molecule has 2 rings (SSSR count). The lowest BCUT2D eigenvalue weighted by Gasteiger charge is -2.04. The first-order chi connectivity index (χ1) is 8.24. The predicted molar refractivity (Wildman–Crippen MR) is 67.8 cm³/mol. The Labute approximate surface area is 105 Å². The molecular weight excluding hydrogens is 234 g/mol. The SMILES string of the molecule is CC(C)CNCc1cn(Cc2nccs2)nn1. The fourth-order valence-electron chi connectivity index (χ4n) is 1.46. The largest absolute Gasteiger partial charge is 0.311 e. The topological polar surface area (TPSA) is 55.6 Å². The average molecular weight is 251 g/mol. The molecule has 0 aliphatic heterocycles. The van der Waals surface area contributed by atoms with Crippen molar-refractivity contribution in [1.29, 1.82) is 0 Å². The number of rotatable bonds is 6. The molecule has 2 heterocycles. The van der Waals surface area contributed by atoms with Gasteiger partial charge in [-0.05, 0) is 12.5 Å². The fraction of sp³-hybridized carbons (Fsp3) is 0.545. The van der Waals surface area contributed by atoms with Gasteiger partial charge in [-0.1, -0.05) is 19.1 Å². The van der Waals surface area contributed by atoms with E-state index in [9.17, 15) is 0 Å². The van der Waals surface area contributed by atoms with Gasteiger partial charge in [-0.2, -0.15) is 0 Å². The van der Waals surface area contributed by atoms with E-state index in [1.54, 1.807) is 11.3 Å². The molecule has 5 nitrogen and oxygen atoms in total. The van der Waals surface area contributed by atoms with Crippen molar-refractivity contribution in [3.05, 3.63) is 28.5 Å². The van der Waals surface area contributed by atoms with E-state index in [0.29, 0.717) is 12.5 Å². The maximum atomic E-state index is 4.22. The summed E-state index contributed by atoms with van der Waals surface area (Å²) in [6.45, 7) is 6.85. The second kappa shape index (κ2) is 5.88. The standard InChI is InChI=1S/C11H17N5S/c1-9(2)5-12-6-10-7-16(15-14-10)8-11-13-3-4-17-11/h3-4,7,9,12H,5-6,8H2,1-2H3. The van der Waals surface area contributed by atoms with Crippen molar-refractivity contribution in [3.8, 4) is 0 Å². The van der Waals surface area contributed by atoms with Crippen LogP contribution in [0.3, 0.4) is 0 Å². The van der Waals surface area contributed by atoms with Gasteiger partial charge in [-0.15, -0.1) is 16.4 Å². The lowest BCUT2D eigenvalue weighted by atomic mass is 10.2. The predicted octanol–water partition coefficient (Wildman–Crippen LogP) is 1.53. The molecule has 0 amide bonds. The number of aromatic nitrogens is 4. The normalized spacial score (nSPS) is 11.2. The van der Waals surface area contributed by atoms with Gasteiger partial charge in [0.05, 0.1) is 18.4 Å². The van der Waals surface area contributed by atoms with Gasteiger partial charge in [0.25, 0.3) is 0 Å². The summed E-state index contributed by atoms with van der Waals surface area (Å²) in [5, 5.41) is 14.6. The van der Waals surface area contributed by atoms with Crippen LogP contribution in [-0.4, -0.2) is 26.5 Å². The Morgan fingerprint density at radius 2 is 2.35 bits per heavy atom. The second-order valence-corrected chi connectivity index (χ2v) is 5.34. The molecule has 0 saturated heterocycles. The molecule has 0 aromatic carbocycles. The van der Waals surface area contributed by atoms with Gasteiger partial charge in [-0.3, -0.25) is 0 Å². The van der Waals surface area contributed by atoms with Crippen molar-refractivity contribution >= 4 is 11.3 Å². The Morgan fingerprint density at radius 3 is 3.06 bits per heavy atom. The Morgan fingerprint density at radius 1 is 1.47 bits per heavy atom. The summed E-state index contributed by atoms with van der Waals surface area (Å²) >= 11 is 1.63. The Bertz CT molecular complexity index is 434. The minimum absolute atomic E-state index is 0.653. The molecule has 92 valence electrons. The first kappa shape index (κ1) is 12.2. The molecule has 0 aliphatic carbocycles. The highest BCUT2D eigenvalue weighted by Gasteiger charge is 2.03. The molecule has 0 unspecified atom stereocenters. The monoisotopic (exact) mass is 251 g/mol. The van der Waals surface area contributed by atoms with Crippen molar-refractivity contribution in [3.63, 3.8) is 0 Å². The molecule has 2 aromatic rings. The van der Waals surface area contributed by atoms with Crippen molar-refractivity contribution in [2.75, 3.05) is 6.54 Å². The number of hydrogen-bond donors (Lipinski definition) is 1. The number of nitrogens with zero attached hydrogens (tertiary/aromatic N) is 4. The van der Waals surface area contributed by atoms with E-state index in [1.807, 2.05) is 22.5 Å². The van der Waals surface area contributed by atoms with Crippen molar-refractivity contribution < 1.29 is 0 Å². The number of thiazole rings is 1. The lowest BCUT2D eigenvalue weighted by molar-refractivity contribution is 0.548. The summed E-state index contributed by atoms with van der Waals surface area (Å²) in [5.74, 6) is 0.653. The van der Waals surface area contributed by atoms with Crippen LogP contribution in [0.1, 0.15) is 24.5 Å². The quantitative estimate of drug-likeness (QED) is 0.846. The molecule has 0 saturated carbocycles. The fourth-order valence-corrected chi connectivity index (χ4v) is 2.06. The highest BCUT2D eigenvalue weighted by molar-refractivity contribution is 7.09. The Hall–Kier alpha value is -1.27. The summed E-state index contributed by atoms with van der Waals surface area (Å²) < 4.78 is 1.82. The molecular formula is C11H17N5S. The van der Waals surface area contributed by atoms with Crippen molar-refractivity contribution in [2.24, 2.45) is 5.92 Å². The molecule has 0 aliphatic rings. The third-order valence-corrected chi connectivity index (χ3v) is 2.99. The van der Waals surface area contributed by atoms with Crippen LogP contribution in [-0.2, 0) is 13.1 Å². The van der Waals surface area contributed by atoms with E-state index in [1.165, 1.54) is 0 Å². The number of hydrogen-bond acceptors (Lipinski definition) is 5. The Kier molecular flexibility index (Phi) is 4.22. The van der Waals surface area contributed by atoms with Gasteiger partial charge >= 0.3 is 0 Å². The van der Waals surface area contributed by atoms with Crippen LogP contribution in [0.2, 0.25) is 0 Å². The lowest BCUT2D eigenvalue weighted by Crippen LogP contribution is -2.19. The van der Waals surface area contributed by atoms with Gasteiger partial charge < -0.3 is 5.32 Å². The first-order valence-corrected chi connectivity index (χ1v) is 6.60. The maximum absolute atomic E-state index is 4.22. The molecule has 0 radical (unpaired) electrons. The highest BCUT2D eigenvalue weighted by Crippen LogP contribution is 2.05. The smallest absolute Gasteiger partial charge is 0.114 e. The zero-order valence-electron chi connectivity index (χ0n) is 10.1. The zero-order chi connectivity index (χ0) is 12.1. The van der Waals surface area contributed by atoms with Gasteiger partial charge in [0, 0.05) is 18.1 Å². The minimum atomic E-state index is 0.653. The van der Waals surface area contributed by atoms with Crippen LogP contribution in [0.4, 0.5) is 0 Å². The van der Waals surface area contributed by atoms with Crippen LogP contribution in [0.25, 0.3) is 0 Å². The summed E-state index contributed by atoms with van der Waals surface area (Å²) in [6.07, 6.45) is 3.77. The van der Waals surface area contributed by atoms with E-state index < -0.39 is 0 Å². The van der Waals surface area contributed by atoms with Crippen LogP contribution in [0.15, 0.2) is 17.8 Å². The first-order valence-electron chi connectivity index (χ1n) is 5.72. The van der Waals surface area contributed by atoms with E-state index in [0.717, 1.165) is 23.8 Å². The van der Waals surface area contributed by atoms with Crippen LogP contribution >= 0.6 is 11.3 Å². The van der Waals surface area contributed by atoms with Gasteiger partial charge in [0.1, 0.15) is 5.01 Å². The zero-order valence-corrected chi connectivity index (χ0v) is 10.9. The molecule has 1 N–H and O–H groups in total. The van der Waals surface area contributed by atoms with Gasteiger partial charge in [-0.25, -0.2) is 9.67 Å². The second-order valence-electron chi connectivity index (χ2n) is 4.36. The van der Waals surface area contributed by atoms with Crippen LogP contribution < -0.4 is 5.32 Å². The summed E-state index contributed by atoms with van der Waals surface area (Å²) in [5.41, 5.74) is 0.974. The van der Waals surface area contributed by atoms with E-state index in [-0.39, 0.29) is 0 Å². The summed E-state index contributed by atoms with van der Waals surface area (Å²) in [4.78, 5) is 4.22. The highest BCUT2D eigenvalue weighted by atomic mass is 32.1. The maximum Gasteiger partial charge on any atom is 0.114 e.